The molecule has 0 unspecified atom stereocenters. The lowest BCUT2D eigenvalue weighted by Gasteiger charge is -2.20. The lowest BCUT2D eigenvalue weighted by Crippen LogP contribution is -2.36. The lowest BCUT2D eigenvalue weighted by molar-refractivity contribution is -0.138. The van der Waals surface area contributed by atoms with Crippen molar-refractivity contribution in [3.05, 3.63) is 17.4 Å². The Labute approximate surface area is 91.7 Å². The molecule has 1 saturated heterocycles. The van der Waals surface area contributed by atoms with Gasteiger partial charge in [-0.15, -0.1) is 0 Å². The molecule has 0 radical (unpaired) electrons. The van der Waals surface area contributed by atoms with E-state index in [0.29, 0.717) is 23.9 Å². The summed E-state index contributed by atoms with van der Waals surface area (Å²) in [6.45, 7) is 0.679. The minimum absolute atomic E-state index is 0.435. The zero-order valence-electron chi connectivity index (χ0n) is 7.93. The fourth-order valence-corrected chi connectivity index (χ4v) is 1.81. The Balaban J connectivity index is 2.22. The zero-order valence-corrected chi connectivity index (χ0v) is 8.68. The Hall–Kier alpha value is -1.36. The van der Waals surface area contributed by atoms with Crippen molar-refractivity contribution in [1.82, 2.24) is 9.97 Å². The topological polar surface area (TPSA) is 66.3 Å². The molecule has 1 N–H and O–H groups in total. The van der Waals surface area contributed by atoms with Gasteiger partial charge in [-0.05, 0) is 12.8 Å². The standard InChI is InChI=1S/C9H10ClN3O2/c10-6-4-11-9(12-5-6)13-3-1-2-7(13)8(14)15/h4-5,7H,1-3H2,(H,14,15)/t7-/m0/s1. The molecular formula is C9H10ClN3O2. The summed E-state index contributed by atoms with van der Waals surface area (Å²) in [6, 6.07) is -0.508. The van der Waals surface area contributed by atoms with E-state index >= 15 is 0 Å². The van der Waals surface area contributed by atoms with Gasteiger partial charge >= 0.3 is 5.97 Å². The van der Waals surface area contributed by atoms with Crippen LogP contribution in [0.5, 0.6) is 0 Å². The smallest absolute Gasteiger partial charge is 0.326 e. The number of hydrogen-bond acceptors (Lipinski definition) is 4. The van der Waals surface area contributed by atoms with Crippen molar-refractivity contribution in [1.29, 1.82) is 0 Å². The van der Waals surface area contributed by atoms with Crippen molar-refractivity contribution >= 4 is 23.5 Å². The third kappa shape index (κ3) is 2.02. The normalized spacial score (nSPS) is 20.6. The fourth-order valence-electron chi connectivity index (χ4n) is 1.72. The number of halogens is 1. The molecule has 15 heavy (non-hydrogen) atoms. The summed E-state index contributed by atoms with van der Waals surface area (Å²) in [7, 11) is 0. The number of carboxylic acid groups (broad SMARTS) is 1. The minimum atomic E-state index is -0.828. The first kappa shape index (κ1) is 10.2. The Kier molecular flexibility index (Phi) is 2.73. The highest BCUT2D eigenvalue weighted by Crippen LogP contribution is 2.22. The molecule has 1 aromatic heterocycles. The SMILES string of the molecule is O=C(O)[C@@H]1CCCN1c1ncc(Cl)cn1. The molecule has 2 heterocycles. The first-order chi connectivity index (χ1) is 7.18. The van der Waals surface area contributed by atoms with Crippen molar-refractivity contribution in [2.45, 2.75) is 18.9 Å². The van der Waals surface area contributed by atoms with E-state index in [-0.39, 0.29) is 0 Å². The predicted octanol–water partition coefficient (Wildman–Crippen LogP) is 1.18. The molecule has 2 rings (SSSR count). The van der Waals surface area contributed by atoms with Crippen LogP contribution in [-0.2, 0) is 4.79 Å². The largest absolute Gasteiger partial charge is 0.480 e. The first-order valence-electron chi connectivity index (χ1n) is 4.65. The van der Waals surface area contributed by atoms with Gasteiger partial charge in [0.25, 0.3) is 0 Å². The molecular weight excluding hydrogens is 218 g/mol. The maximum absolute atomic E-state index is 10.9. The second-order valence-corrected chi connectivity index (χ2v) is 3.83. The lowest BCUT2D eigenvalue weighted by atomic mass is 10.2. The second-order valence-electron chi connectivity index (χ2n) is 3.39. The Morgan fingerprint density at radius 3 is 2.80 bits per heavy atom. The quantitative estimate of drug-likeness (QED) is 0.822. The molecule has 1 aromatic rings. The van der Waals surface area contributed by atoms with E-state index in [9.17, 15) is 4.79 Å². The highest BCUT2D eigenvalue weighted by atomic mass is 35.5. The van der Waals surface area contributed by atoms with Gasteiger partial charge in [-0.1, -0.05) is 11.6 Å². The van der Waals surface area contributed by atoms with Gasteiger partial charge in [-0.25, -0.2) is 14.8 Å². The van der Waals surface area contributed by atoms with Crippen LogP contribution >= 0.6 is 11.6 Å². The van der Waals surface area contributed by atoms with Crippen LogP contribution in [-0.4, -0.2) is 33.6 Å². The molecule has 1 aliphatic rings. The number of hydrogen-bond donors (Lipinski definition) is 1. The number of aromatic nitrogens is 2. The molecule has 0 aromatic carbocycles. The van der Waals surface area contributed by atoms with Gasteiger partial charge in [0.05, 0.1) is 17.4 Å². The summed E-state index contributed by atoms with van der Waals surface area (Å²) < 4.78 is 0. The van der Waals surface area contributed by atoms with Gasteiger partial charge in [0, 0.05) is 6.54 Å². The van der Waals surface area contributed by atoms with Crippen LogP contribution < -0.4 is 4.90 Å². The molecule has 0 amide bonds. The van der Waals surface area contributed by atoms with Crippen LogP contribution in [0.1, 0.15) is 12.8 Å². The van der Waals surface area contributed by atoms with E-state index in [1.165, 1.54) is 12.4 Å². The fraction of sp³-hybridized carbons (Fsp3) is 0.444. The number of anilines is 1. The Morgan fingerprint density at radius 2 is 2.20 bits per heavy atom. The molecule has 6 heteroatoms. The number of carbonyl (C=O) groups is 1. The van der Waals surface area contributed by atoms with Crippen LogP contribution in [0.15, 0.2) is 12.4 Å². The molecule has 1 fully saturated rings. The number of carboxylic acids is 1. The molecule has 0 saturated carbocycles. The summed E-state index contributed by atoms with van der Waals surface area (Å²) >= 11 is 5.66. The molecule has 5 nitrogen and oxygen atoms in total. The number of nitrogens with zero attached hydrogens (tertiary/aromatic N) is 3. The van der Waals surface area contributed by atoms with Crippen LogP contribution in [0.3, 0.4) is 0 Å². The van der Waals surface area contributed by atoms with Gasteiger partial charge in [0.2, 0.25) is 5.95 Å². The van der Waals surface area contributed by atoms with Gasteiger partial charge in [0.15, 0.2) is 0 Å². The van der Waals surface area contributed by atoms with E-state index < -0.39 is 12.0 Å². The highest BCUT2D eigenvalue weighted by molar-refractivity contribution is 6.30. The molecule has 1 atom stereocenters. The first-order valence-corrected chi connectivity index (χ1v) is 5.03. The number of rotatable bonds is 2. The summed E-state index contributed by atoms with van der Waals surface area (Å²) in [5.41, 5.74) is 0. The summed E-state index contributed by atoms with van der Waals surface area (Å²) in [5.74, 6) is -0.393. The van der Waals surface area contributed by atoms with Crippen molar-refractivity contribution < 1.29 is 9.90 Å². The Bertz CT molecular complexity index is 368. The summed E-state index contributed by atoms with van der Waals surface area (Å²) in [5, 5.41) is 9.43. The zero-order chi connectivity index (χ0) is 10.8. The molecule has 0 spiro atoms. The van der Waals surface area contributed by atoms with Crippen molar-refractivity contribution in [3.8, 4) is 0 Å². The molecule has 0 bridgehead atoms. The maximum atomic E-state index is 10.9. The van der Waals surface area contributed by atoms with Crippen LogP contribution in [0.4, 0.5) is 5.95 Å². The van der Waals surface area contributed by atoms with Crippen LogP contribution in [0, 0.1) is 0 Å². The average Bonchev–Trinajstić information content (AvgIpc) is 2.67. The van der Waals surface area contributed by atoms with E-state index in [1.807, 2.05) is 0 Å². The van der Waals surface area contributed by atoms with Crippen molar-refractivity contribution in [3.63, 3.8) is 0 Å². The summed E-state index contributed by atoms with van der Waals surface area (Å²) in [6.07, 6.45) is 4.44. The van der Waals surface area contributed by atoms with Crippen LogP contribution in [0.25, 0.3) is 0 Å². The highest BCUT2D eigenvalue weighted by Gasteiger charge is 2.31. The van der Waals surface area contributed by atoms with Gasteiger partial charge in [0.1, 0.15) is 6.04 Å². The van der Waals surface area contributed by atoms with Gasteiger partial charge in [-0.2, -0.15) is 0 Å². The van der Waals surface area contributed by atoms with Gasteiger partial charge < -0.3 is 10.0 Å². The maximum Gasteiger partial charge on any atom is 0.326 e. The molecule has 80 valence electrons. The van der Waals surface area contributed by atoms with E-state index in [2.05, 4.69) is 9.97 Å². The summed E-state index contributed by atoms with van der Waals surface area (Å²) in [4.78, 5) is 20.6. The predicted molar refractivity (Wildman–Crippen MR) is 55.0 cm³/mol. The van der Waals surface area contributed by atoms with E-state index in [0.717, 1.165) is 6.42 Å². The van der Waals surface area contributed by atoms with E-state index in [1.54, 1.807) is 4.90 Å². The number of aliphatic carboxylic acids is 1. The van der Waals surface area contributed by atoms with Crippen molar-refractivity contribution in [2.24, 2.45) is 0 Å². The van der Waals surface area contributed by atoms with E-state index in [4.69, 9.17) is 16.7 Å². The average molecular weight is 228 g/mol. The van der Waals surface area contributed by atoms with Crippen LogP contribution in [0.2, 0.25) is 5.02 Å². The second kappa shape index (κ2) is 4.02. The van der Waals surface area contributed by atoms with Crippen molar-refractivity contribution in [2.75, 3.05) is 11.4 Å². The third-order valence-electron chi connectivity index (χ3n) is 2.40. The monoisotopic (exact) mass is 227 g/mol. The molecule has 1 aliphatic heterocycles. The Morgan fingerprint density at radius 1 is 1.53 bits per heavy atom. The molecule has 0 aliphatic carbocycles. The van der Waals surface area contributed by atoms with Gasteiger partial charge in [-0.3, -0.25) is 0 Å². The minimum Gasteiger partial charge on any atom is -0.480 e. The third-order valence-corrected chi connectivity index (χ3v) is 2.60.